The number of anilines is 1. The lowest BCUT2D eigenvalue weighted by Crippen LogP contribution is -2.27. The molecule has 0 atom stereocenters. The Morgan fingerprint density at radius 3 is 2.80 bits per heavy atom. The Balaban J connectivity index is 2.05. The number of hydrogen-bond donors (Lipinski definition) is 1. The molecule has 0 bridgehead atoms. The highest BCUT2D eigenvalue weighted by molar-refractivity contribution is 5.92. The summed E-state index contributed by atoms with van der Waals surface area (Å²) in [6.07, 6.45) is 3.85. The van der Waals surface area contributed by atoms with Gasteiger partial charge in [-0.1, -0.05) is 25.1 Å². The average molecular weight is 270 g/mol. The van der Waals surface area contributed by atoms with Gasteiger partial charge in [-0.15, -0.1) is 0 Å². The fraction of sp³-hybridized carbons (Fsp3) is 0.471. The maximum Gasteiger partial charge on any atom is 0.0854 e. The van der Waals surface area contributed by atoms with Crippen LogP contribution in [0, 0.1) is 5.92 Å². The van der Waals surface area contributed by atoms with Crippen LogP contribution in [0.2, 0.25) is 0 Å². The van der Waals surface area contributed by atoms with E-state index in [1.165, 1.54) is 23.9 Å². The molecule has 0 spiro atoms. The zero-order chi connectivity index (χ0) is 13.9. The Morgan fingerprint density at radius 1 is 1.30 bits per heavy atom. The van der Waals surface area contributed by atoms with E-state index in [-0.39, 0.29) is 6.61 Å². The van der Waals surface area contributed by atoms with Crippen LogP contribution in [0.15, 0.2) is 30.3 Å². The summed E-state index contributed by atoms with van der Waals surface area (Å²) in [7, 11) is 0. The highest BCUT2D eigenvalue weighted by Crippen LogP contribution is 2.34. The standard InChI is InChI=1S/C17H22N2O/c1-2-9-19(11-13-7-8-13)17-10-14(12-20)18-16-6-4-3-5-15(16)17/h3-6,10,13,20H,2,7-9,11-12H2,1H3. The van der Waals surface area contributed by atoms with Gasteiger partial charge in [-0.2, -0.15) is 0 Å². The minimum atomic E-state index is 0.00122. The van der Waals surface area contributed by atoms with Crippen LogP contribution >= 0.6 is 0 Å². The number of nitrogens with zero attached hydrogens (tertiary/aromatic N) is 2. The molecule has 3 heteroatoms. The van der Waals surface area contributed by atoms with E-state index in [0.29, 0.717) is 0 Å². The monoisotopic (exact) mass is 270 g/mol. The van der Waals surface area contributed by atoms with Crippen LogP contribution in [-0.4, -0.2) is 23.2 Å². The van der Waals surface area contributed by atoms with Gasteiger partial charge < -0.3 is 10.0 Å². The second kappa shape index (κ2) is 5.80. The van der Waals surface area contributed by atoms with E-state index in [4.69, 9.17) is 0 Å². The highest BCUT2D eigenvalue weighted by Gasteiger charge is 2.25. The molecule has 0 aliphatic heterocycles. The smallest absolute Gasteiger partial charge is 0.0854 e. The molecule has 1 aromatic heterocycles. The molecular weight excluding hydrogens is 248 g/mol. The van der Waals surface area contributed by atoms with Crippen molar-refractivity contribution in [3.63, 3.8) is 0 Å². The number of aliphatic hydroxyl groups excluding tert-OH is 1. The molecule has 20 heavy (non-hydrogen) atoms. The Morgan fingerprint density at radius 2 is 2.10 bits per heavy atom. The lowest BCUT2D eigenvalue weighted by Gasteiger charge is -2.26. The van der Waals surface area contributed by atoms with Crippen molar-refractivity contribution < 1.29 is 5.11 Å². The van der Waals surface area contributed by atoms with E-state index >= 15 is 0 Å². The summed E-state index contributed by atoms with van der Waals surface area (Å²) in [4.78, 5) is 6.99. The Labute approximate surface area is 120 Å². The fourth-order valence-corrected chi connectivity index (χ4v) is 2.75. The largest absolute Gasteiger partial charge is 0.390 e. The molecule has 0 unspecified atom stereocenters. The van der Waals surface area contributed by atoms with Gasteiger partial charge in [0.05, 0.1) is 17.8 Å². The first-order chi connectivity index (χ1) is 9.81. The molecule has 0 radical (unpaired) electrons. The number of fused-ring (bicyclic) bond motifs is 1. The minimum Gasteiger partial charge on any atom is -0.390 e. The molecule has 3 rings (SSSR count). The van der Waals surface area contributed by atoms with Gasteiger partial charge in [-0.25, -0.2) is 0 Å². The van der Waals surface area contributed by atoms with Gasteiger partial charge in [0.15, 0.2) is 0 Å². The van der Waals surface area contributed by atoms with Gasteiger partial charge in [0, 0.05) is 24.2 Å². The fourth-order valence-electron chi connectivity index (χ4n) is 2.75. The summed E-state index contributed by atoms with van der Waals surface area (Å²) < 4.78 is 0. The molecule has 1 N–H and O–H groups in total. The van der Waals surface area contributed by atoms with Crippen LogP contribution in [0.1, 0.15) is 31.9 Å². The van der Waals surface area contributed by atoms with Crippen molar-refractivity contribution in [1.29, 1.82) is 0 Å². The van der Waals surface area contributed by atoms with E-state index in [9.17, 15) is 5.11 Å². The van der Waals surface area contributed by atoms with Crippen LogP contribution in [0.3, 0.4) is 0 Å². The van der Waals surface area contributed by atoms with Crippen molar-refractivity contribution >= 4 is 16.6 Å². The summed E-state index contributed by atoms with van der Waals surface area (Å²) in [5.74, 6) is 0.853. The molecule has 0 saturated heterocycles. The van der Waals surface area contributed by atoms with E-state index in [1.54, 1.807) is 0 Å². The average Bonchev–Trinajstić information content (AvgIpc) is 3.29. The van der Waals surface area contributed by atoms with Crippen LogP contribution < -0.4 is 4.90 Å². The lowest BCUT2D eigenvalue weighted by molar-refractivity contribution is 0.277. The van der Waals surface area contributed by atoms with Gasteiger partial charge in [-0.05, 0) is 37.3 Å². The third-order valence-corrected chi connectivity index (χ3v) is 3.92. The normalized spacial score (nSPS) is 14.7. The molecule has 1 saturated carbocycles. The topological polar surface area (TPSA) is 36.4 Å². The third kappa shape index (κ3) is 2.78. The second-order valence-corrected chi connectivity index (χ2v) is 5.70. The van der Waals surface area contributed by atoms with Gasteiger partial charge in [0.25, 0.3) is 0 Å². The second-order valence-electron chi connectivity index (χ2n) is 5.70. The summed E-state index contributed by atoms with van der Waals surface area (Å²) in [5.41, 5.74) is 2.97. The number of benzene rings is 1. The number of rotatable bonds is 6. The Hall–Kier alpha value is -1.61. The number of aromatic nitrogens is 1. The summed E-state index contributed by atoms with van der Waals surface area (Å²) in [6.45, 7) is 4.42. The van der Waals surface area contributed by atoms with Crippen molar-refractivity contribution in [1.82, 2.24) is 4.98 Å². The predicted molar refractivity (Wildman–Crippen MR) is 82.9 cm³/mol. The number of aliphatic hydroxyl groups is 1. The summed E-state index contributed by atoms with van der Waals surface area (Å²) >= 11 is 0. The van der Waals surface area contributed by atoms with Gasteiger partial charge in [0.1, 0.15) is 0 Å². The van der Waals surface area contributed by atoms with Gasteiger partial charge in [0.2, 0.25) is 0 Å². The van der Waals surface area contributed by atoms with Crippen molar-refractivity contribution in [3.8, 4) is 0 Å². The van der Waals surface area contributed by atoms with Crippen molar-refractivity contribution in [2.75, 3.05) is 18.0 Å². The first-order valence-corrected chi connectivity index (χ1v) is 7.56. The number of hydrogen-bond acceptors (Lipinski definition) is 3. The van der Waals surface area contributed by atoms with E-state index in [2.05, 4.69) is 35.0 Å². The zero-order valence-corrected chi connectivity index (χ0v) is 12.0. The van der Waals surface area contributed by atoms with E-state index in [1.807, 2.05) is 12.1 Å². The quantitative estimate of drug-likeness (QED) is 0.874. The SMILES string of the molecule is CCCN(CC1CC1)c1cc(CO)nc2ccccc12. The molecule has 1 aliphatic carbocycles. The molecule has 1 aromatic carbocycles. The maximum absolute atomic E-state index is 9.45. The Bertz CT molecular complexity index is 593. The first kappa shape index (κ1) is 13.4. The minimum absolute atomic E-state index is 0.00122. The van der Waals surface area contributed by atoms with Crippen LogP contribution in [0.25, 0.3) is 10.9 Å². The first-order valence-electron chi connectivity index (χ1n) is 7.56. The molecule has 106 valence electrons. The number of para-hydroxylation sites is 1. The Kier molecular flexibility index (Phi) is 3.88. The third-order valence-electron chi connectivity index (χ3n) is 3.92. The highest BCUT2D eigenvalue weighted by atomic mass is 16.3. The van der Waals surface area contributed by atoms with Crippen molar-refractivity contribution in [2.45, 2.75) is 32.8 Å². The molecular formula is C17H22N2O. The molecule has 1 fully saturated rings. The lowest BCUT2D eigenvalue weighted by atomic mass is 10.1. The summed E-state index contributed by atoms with van der Waals surface area (Å²) in [6, 6.07) is 10.3. The van der Waals surface area contributed by atoms with E-state index in [0.717, 1.165) is 36.6 Å². The van der Waals surface area contributed by atoms with Crippen molar-refractivity contribution in [2.24, 2.45) is 5.92 Å². The zero-order valence-electron chi connectivity index (χ0n) is 12.0. The maximum atomic E-state index is 9.45. The van der Waals surface area contributed by atoms with Gasteiger partial charge in [-0.3, -0.25) is 4.98 Å². The molecule has 0 amide bonds. The van der Waals surface area contributed by atoms with Crippen LogP contribution in [0.4, 0.5) is 5.69 Å². The number of pyridine rings is 1. The predicted octanol–water partition coefficient (Wildman–Crippen LogP) is 3.35. The molecule has 1 aliphatic rings. The molecule has 2 aromatic rings. The van der Waals surface area contributed by atoms with E-state index < -0.39 is 0 Å². The van der Waals surface area contributed by atoms with Gasteiger partial charge >= 0.3 is 0 Å². The van der Waals surface area contributed by atoms with Crippen LogP contribution in [-0.2, 0) is 6.61 Å². The molecule has 1 heterocycles. The molecule has 3 nitrogen and oxygen atoms in total. The van der Waals surface area contributed by atoms with Crippen LogP contribution in [0.5, 0.6) is 0 Å². The summed E-state index contributed by atoms with van der Waals surface area (Å²) in [5, 5.41) is 10.6. The van der Waals surface area contributed by atoms with Crippen molar-refractivity contribution in [3.05, 3.63) is 36.0 Å².